The third-order valence-electron chi connectivity index (χ3n) is 4.39. The van der Waals surface area contributed by atoms with E-state index in [1.165, 1.54) is 37.0 Å². The van der Waals surface area contributed by atoms with Gasteiger partial charge < -0.3 is 9.32 Å². The number of nitrogens with zero attached hydrogens (tertiary/aromatic N) is 1. The molecule has 0 spiro atoms. The van der Waals surface area contributed by atoms with Crippen LogP contribution in [0.2, 0.25) is 0 Å². The van der Waals surface area contributed by atoms with Crippen LogP contribution in [-0.4, -0.2) is 10.8 Å². The Morgan fingerprint density at radius 1 is 1.18 bits per heavy atom. The second-order valence-electron chi connectivity index (χ2n) is 6.12. The maximum atomic E-state index is 12.8. The maximum Gasteiger partial charge on any atom is 0.223 e. The summed E-state index contributed by atoms with van der Waals surface area (Å²) in [5.41, 5.74) is 0. The summed E-state index contributed by atoms with van der Waals surface area (Å²) in [6.45, 7) is 1.25. The van der Waals surface area contributed by atoms with E-state index in [0.717, 1.165) is 5.76 Å². The Morgan fingerprint density at radius 3 is 2.73 bits per heavy atom. The van der Waals surface area contributed by atoms with E-state index in [1.807, 2.05) is 23.1 Å². The van der Waals surface area contributed by atoms with Gasteiger partial charge in [-0.1, -0.05) is 25.3 Å². The molecule has 0 atom stereocenters. The van der Waals surface area contributed by atoms with Gasteiger partial charge >= 0.3 is 0 Å². The molecule has 22 heavy (non-hydrogen) atoms. The molecule has 0 radical (unpaired) electrons. The SMILES string of the molecule is O=C(CC1CCCCC1)N(Cc1ccco1)Cc1cccs1. The Kier molecular flexibility index (Phi) is 5.33. The summed E-state index contributed by atoms with van der Waals surface area (Å²) in [6.07, 6.45) is 8.66. The van der Waals surface area contributed by atoms with Crippen molar-refractivity contribution in [2.75, 3.05) is 0 Å². The zero-order valence-electron chi connectivity index (χ0n) is 12.9. The molecule has 0 aliphatic heterocycles. The first-order valence-electron chi connectivity index (χ1n) is 8.14. The van der Waals surface area contributed by atoms with Gasteiger partial charge in [0.15, 0.2) is 0 Å². The van der Waals surface area contributed by atoms with Crippen LogP contribution in [0.5, 0.6) is 0 Å². The zero-order chi connectivity index (χ0) is 15.2. The summed E-state index contributed by atoms with van der Waals surface area (Å²) in [5.74, 6) is 1.69. The fourth-order valence-corrected chi connectivity index (χ4v) is 3.90. The summed E-state index contributed by atoms with van der Waals surface area (Å²) in [7, 11) is 0. The van der Waals surface area contributed by atoms with Crippen LogP contribution in [0.1, 0.15) is 49.2 Å². The standard InChI is InChI=1S/C18H23NO2S/c20-18(12-15-6-2-1-3-7-15)19(13-16-8-4-10-21-16)14-17-9-5-11-22-17/h4-5,8-11,15H,1-3,6-7,12-14H2. The van der Waals surface area contributed by atoms with E-state index < -0.39 is 0 Å². The molecule has 0 aromatic carbocycles. The van der Waals surface area contributed by atoms with Crippen LogP contribution < -0.4 is 0 Å². The summed E-state index contributed by atoms with van der Waals surface area (Å²) < 4.78 is 5.43. The first kappa shape index (κ1) is 15.3. The van der Waals surface area contributed by atoms with Gasteiger partial charge in [-0.2, -0.15) is 0 Å². The molecule has 1 amide bonds. The number of furan rings is 1. The van der Waals surface area contributed by atoms with Gasteiger partial charge in [0.1, 0.15) is 5.76 Å². The highest BCUT2D eigenvalue weighted by molar-refractivity contribution is 7.09. The quantitative estimate of drug-likeness (QED) is 0.764. The lowest BCUT2D eigenvalue weighted by atomic mass is 9.86. The van der Waals surface area contributed by atoms with Crippen molar-refractivity contribution in [2.45, 2.75) is 51.6 Å². The molecular weight excluding hydrogens is 294 g/mol. The summed E-state index contributed by atoms with van der Waals surface area (Å²) >= 11 is 1.70. The van der Waals surface area contributed by atoms with Crippen molar-refractivity contribution in [2.24, 2.45) is 5.92 Å². The second kappa shape index (κ2) is 7.63. The normalized spacial score (nSPS) is 15.8. The fraction of sp³-hybridized carbons (Fsp3) is 0.500. The molecule has 3 nitrogen and oxygen atoms in total. The predicted molar refractivity (Wildman–Crippen MR) is 88.5 cm³/mol. The van der Waals surface area contributed by atoms with Crippen molar-refractivity contribution in [1.82, 2.24) is 4.90 Å². The van der Waals surface area contributed by atoms with Crippen LogP contribution in [-0.2, 0) is 17.9 Å². The molecule has 2 heterocycles. The van der Waals surface area contributed by atoms with Crippen molar-refractivity contribution in [3.8, 4) is 0 Å². The first-order valence-corrected chi connectivity index (χ1v) is 9.02. The van der Waals surface area contributed by atoms with E-state index in [0.29, 0.717) is 25.4 Å². The number of rotatable bonds is 6. The van der Waals surface area contributed by atoms with Gasteiger partial charge in [-0.25, -0.2) is 0 Å². The molecule has 1 fully saturated rings. The van der Waals surface area contributed by atoms with Crippen LogP contribution in [0.3, 0.4) is 0 Å². The van der Waals surface area contributed by atoms with Crippen LogP contribution in [0.15, 0.2) is 40.3 Å². The molecule has 3 rings (SSSR count). The van der Waals surface area contributed by atoms with E-state index >= 15 is 0 Å². The fourth-order valence-electron chi connectivity index (χ4n) is 3.18. The van der Waals surface area contributed by atoms with Crippen molar-refractivity contribution in [3.05, 3.63) is 46.5 Å². The van der Waals surface area contributed by atoms with Gasteiger partial charge in [-0.05, 0) is 42.3 Å². The topological polar surface area (TPSA) is 33.5 Å². The minimum atomic E-state index is 0.261. The lowest BCUT2D eigenvalue weighted by Crippen LogP contribution is -2.31. The molecule has 0 saturated heterocycles. The highest BCUT2D eigenvalue weighted by atomic mass is 32.1. The summed E-state index contributed by atoms with van der Waals surface area (Å²) in [5, 5.41) is 2.06. The molecule has 1 aliphatic rings. The first-order chi connectivity index (χ1) is 10.8. The highest BCUT2D eigenvalue weighted by Crippen LogP contribution is 2.27. The predicted octanol–water partition coefficient (Wildman–Crippen LogP) is 4.84. The molecule has 0 N–H and O–H groups in total. The Hall–Kier alpha value is -1.55. The van der Waals surface area contributed by atoms with E-state index in [2.05, 4.69) is 11.4 Å². The molecule has 1 aliphatic carbocycles. The summed E-state index contributed by atoms with van der Waals surface area (Å²) in [4.78, 5) is 15.9. The molecule has 4 heteroatoms. The lowest BCUT2D eigenvalue weighted by molar-refractivity contribution is -0.134. The minimum absolute atomic E-state index is 0.261. The van der Waals surface area contributed by atoms with Gasteiger partial charge in [0, 0.05) is 11.3 Å². The third-order valence-corrected chi connectivity index (χ3v) is 5.26. The lowest BCUT2D eigenvalue weighted by Gasteiger charge is -2.26. The van der Waals surface area contributed by atoms with Gasteiger partial charge in [-0.3, -0.25) is 4.79 Å². The number of hydrogen-bond acceptors (Lipinski definition) is 3. The molecule has 2 aromatic rings. The van der Waals surface area contributed by atoms with Gasteiger partial charge in [-0.15, -0.1) is 11.3 Å². The largest absolute Gasteiger partial charge is 0.467 e. The Labute approximate surface area is 135 Å². The molecule has 118 valence electrons. The van der Waals surface area contributed by atoms with Crippen molar-refractivity contribution in [3.63, 3.8) is 0 Å². The minimum Gasteiger partial charge on any atom is -0.467 e. The third kappa shape index (κ3) is 4.23. The molecular formula is C18H23NO2S. The Bertz CT molecular complexity index is 520. The maximum absolute atomic E-state index is 12.8. The Morgan fingerprint density at radius 2 is 2.05 bits per heavy atom. The molecule has 2 aromatic heterocycles. The van der Waals surface area contributed by atoms with E-state index in [4.69, 9.17) is 4.42 Å². The Balaban J connectivity index is 1.64. The van der Waals surface area contributed by atoms with Crippen LogP contribution >= 0.6 is 11.3 Å². The zero-order valence-corrected chi connectivity index (χ0v) is 13.7. The van der Waals surface area contributed by atoms with Gasteiger partial charge in [0.05, 0.1) is 19.4 Å². The monoisotopic (exact) mass is 317 g/mol. The van der Waals surface area contributed by atoms with E-state index in [1.54, 1.807) is 17.6 Å². The van der Waals surface area contributed by atoms with Crippen LogP contribution in [0, 0.1) is 5.92 Å². The van der Waals surface area contributed by atoms with E-state index in [9.17, 15) is 4.79 Å². The van der Waals surface area contributed by atoms with Crippen molar-refractivity contribution < 1.29 is 9.21 Å². The molecule has 0 unspecified atom stereocenters. The average molecular weight is 317 g/mol. The van der Waals surface area contributed by atoms with Gasteiger partial charge in [0.25, 0.3) is 0 Å². The number of hydrogen-bond donors (Lipinski definition) is 0. The number of amides is 1. The average Bonchev–Trinajstić information content (AvgIpc) is 3.21. The highest BCUT2D eigenvalue weighted by Gasteiger charge is 2.22. The van der Waals surface area contributed by atoms with Crippen LogP contribution in [0.4, 0.5) is 0 Å². The van der Waals surface area contributed by atoms with Gasteiger partial charge in [0.2, 0.25) is 5.91 Å². The molecule has 0 bridgehead atoms. The second-order valence-corrected chi connectivity index (χ2v) is 7.15. The summed E-state index contributed by atoms with van der Waals surface area (Å²) in [6, 6.07) is 7.95. The number of thiophene rings is 1. The van der Waals surface area contributed by atoms with Crippen molar-refractivity contribution >= 4 is 17.2 Å². The molecule has 1 saturated carbocycles. The van der Waals surface area contributed by atoms with Crippen LogP contribution in [0.25, 0.3) is 0 Å². The van der Waals surface area contributed by atoms with E-state index in [-0.39, 0.29) is 5.91 Å². The number of carbonyl (C=O) groups is 1. The van der Waals surface area contributed by atoms with Crippen molar-refractivity contribution in [1.29, 1.82) is 0 Å². The number of carbonyl (C=O) groups excluding carboxylic acids is 1. The smallest absolute Gasteiger partial charge is 0.223 e.